The standard InChI is InChI=1S/C23H32N6S/c1-17-9-8-14-29(16-17)21-15-20(28-12-6-7-13-28)25-22(26-21)27-23(30)24-18(2)19-10-4-3-5-11-19/h3-5,10-11,15,17-18H,6-9,12-14,16H2,1-2H3,(H2,24,25,26,27,30)/t17-,18+/m1/s1. The molecule has 2 N–H and O–H groups in total. The SMILES string of the molecule is C[C@@H]1CCCN(c2cc(N3CCCC3)nc(NC(=S)N[C@@H](C)c3ccccc3)n2)C1. The fourth-order valence-corrected chi connectivity index (χ4v) is 4.57. The molecule has 6 nitrogen and oxygen atoms in total. The van der Waals surface area contributed by atoms with Crippen LogP contribution < -0.4 is 20.4 Å². The molecule has 2 aliphatic heterocycles. The minimum atomic E-state index is 0.107. The lowest BCUT2D eigenvalue weighted by molar-refractivity contribution is 0.444. The van der Waals surface area contributed by atoms with Gasteiger partial charge >= 0.3 is 0 Å². The predicted molar refractivity (Wildman–Crippen MR) is 128 cm³/mol. The summed E-state index contributed by atoms with van der Waals surface area (Å²) in [5, 5.41) is 7.14. The third-order valence-corrected chi connectivity index (χ3v) is 6.20. The van der Waals surface area contributed by atoms with Gasteiger partial charge in [0.25, 0.3) is 0 Å². The molecule has 0 radical (unpaired) electrons. The summed E-state index contributed by atoms with van der Waals surface area (Å²) < 4.78 is 0. The van der Waals surface area contributed by atoms with Crippen LogP contribution in [-0.4, -0.2) is 41.3 Å². The highest BCUT2D eigenvalue weighted by molar-refractivity contribution is 7.80. The second-order valence-corrected chi connectivity index (χ2v) is 8.93. The van der Waals surface area contributed by atoms with Crippen molar-refractivity contribution in [2.45, 2.75) is 45.6 Å². The van der Waals surface area contributed by atoms with Crippen LogP contribution >= 0.6 is 12.2 Å². The molecule has 2 fully saturated rings. The highest BCUT2D eigenvalue weighted by atomic mass is 32.1. The van der Waals surface area contributed by atoms with Gasteiger partial charge in [0.2, 0.25) is 5.95 Å². The van der Waals surface area contributed by atoms with Crippen LogP contribution in [0, 0.1) is 5.92 Å². The number of rotatable bonds is 5. The molecule has 3 heterocycles. The maximum absolute atomic E-state index is 5.58. The molecule has 2 aliphatic rings. The number of aromatic nitrogens is 2. The third-order valence-electron chi connectivity index (χ3n) is 5.98. The lowest BCUT2D eigenvalue weighted by atomic mass is 10.0. The van der Waals surface area contributed by atoms with E-state index in [9.17, 15) is 0 Å². The molecule has 1 aromatic carbocycles. The Balaban J connectivity index is 1.51. The highest BCUT2D eigenvalue weighted by Gasteiger charge is 2.22. The summed E-state index contributed by atoms with van der Waals surface area (Å²) in [6.45, 7) is 8.63. The van der Waals surface area contributed by atoms with Crippen molar-refractivity contribution in [1.29, 1.82) is 0 Å². The Morgan fingerprint density at radius 3 is 2.40 bits per heavy atom. The first-order chi connectivity index (χ1) is 14.6. The summed E-state index contributed by atoms with van der Waals surface area (Å²) in [5.74, 6) is 3.26. The molecule has 30 heavy (non-hydrogen) atoms. The minimum Gasteiger partial charge on any atom is -0.356 e. The number of thiocarbonyl (C=S) groups is 1. The number of anilines is 3. The van der Waals surface area contributed by atoms with Crippen molar-refractivity contribution in [3.05, 3.63) is 42.0 Å². The zero-order valence-corrected chi connectivity index (χ0v) is 18.8. The van der Waals surface area contributed by atoms with Crippen LogP contribution in [0.25, 0.3) is 0 Å². The van der Waals surface area contributed by atoms with Crippen molar-refractivity contribution < 1.29 is 0 Å². The van der Waals surface area contributed by atoms with Crippen LogP contribution in [0.1, 0.15) is 51.1 Å². The predicted octanol–water partition coefficient (Wildman–Crippen LogP) is 4.36. The molecule has 1 aromatic heterocycles. The van der Waals surface area contributed by atoms with E-state index in [1.165, 1.54) is 31.2 Å². The number of benzene rings is 1. The second-order valence-electron chi connectivity index (χ2n) is 8.53. The number of hydrogen-bond donors (Lipinski definition) is 2. The summed E-state index contributed by atoms with van der Waals surface area (Å²) >= 11 is 5.58. The summed E-state index contributed by atoms with van der Waals surface area (Å²) in [4.78, 5) is 14.4. The van der Waals surface area contributed by atoms with Crippen LogP contribution in [0.5, 0.6) is 0 Å². The maximum atomic E-state index is 5.58. The molecule has 0 aliphatic carbocycles. The summed E-state index contributed by atoms with van der Waals surface area (Å²) in [7, 11) is 0. The lowest BCUT2D eigenvalue weighted by Gasteiger charge is -2.32. The third kappa shape index (κ3) is 5.19. The maximum Gasteiger partial charge on any atom is 0.232 e. The van der Waals surface area contributed by atoms with Gasteiger partial charge in [-0.15, -0.1) is 0 Å². The molecular weight excluding hydrogens is 392 g/mol. The molecule has 4 rings (SSSR count). The Morgan fingerprint density at radius 1 is 1.03 bits per heavy atom. The molecule has 0 unspecified atom stereocenters. The molecule has 0 saturated carbocycles. The average Bonchev–Trinajstić information content (AvgIpc) is 3.29. The van der Waals surface area contributed by atoms with Gasteiger partial charge in [0.1, 0.15) is 11.6 Å². The van der Waals surface area contributed by atoms with E-state index in [0.717, 1.165) is 37.8 Å². The fourth-order valence-electron chi connectivity index (χ4n) is 4.30. The highest BCUT2D eigenvalue weighted by Crippen LogP contribution is 2.27. The largest absolute Gasteiger partial charge is 0.356 e. The van der Waals surface area contributed by atoms with Crippen molar-refractivity contribution in [2.24, 2.45) is 5.92 Å². The first-order valence-corrected chi connectivity index (χ1v) is 11.5. The van der Waals surface area contributed by atoms with E-state index in [0.29, 0.717) is 17.0 Å². The van der Waals surface area contributed by atoms with E-state index in [1.54, 1.807) is 0 Å². The first kappa shape index (κ1) is 20.8. The van der Waals surface area contributed by atoms with Gasteiger partial charge in [-0.2, -0.15) is 9.97 Å². The Kier molecular flexibility index (Phi) is 6.67. The quantitative estimate of drug-likeness (QED) is 0.692. The Bertz CT molecular complexity index is 852. The number of hydrogen-bond acceptors (Lipinski definition) is 5. The van der Waals surface area contributed by atoms with Gasteiger partial charge in [-0.3, -0.25) is 0 Å². The van der Waals surface area contributed by atoms with E-state index < -0.39 is 0 Å². The van der Waals surface area contributed by atoms with Gasteiger partial charge in [-0.25, -0.2) is 0 Å². The molecule has 7 heteroatoms. The number of nitrogens with zero attached hydrogens (tertiary/aromatic N) is 4. The van der Waals surface area contributed by atoms with Gasteiger partial charge in [0.15, 0.2) is 5.11 Å². The molecule has 2 atom stereocenters. The van der Waals surface area contributed by atoms with E-state index >= 15 is 0 Å². The van der Waals surface area contributed by atoms with Gasteiger partial charge in [0, 0.05) is 32.2 Å². The van der Waals surface area contributed by atoms with Crippen molar-refractivity contribution in [3.63, 3.8) is 0 Å². The molecular formula is C23H32N6S. The molecule has 0 spiro atoms. The van der Waals surface area contributed by atoms with Crippen LogP contribution in [-0.2, 0) is 0 Å². The summed E-state index contributed by atoms with van der Waals surface area (Å²) in [5.41, 5.74) is 1.19. The Labute approximate surface area is 185 Å². The Hall–Kier alpha value is -2.41. The molecule has 2 aromatic rings. The van der Waals surface area contributed by atoms with Crippen molar-refractivity contribution in [3.8, 4) is 0 Å². The smallest absolute Gasteiger partial charge is 0.232 e. The van der Waals surface area contributed by atoms with Crippen molar-refractivity contribution in [2.75, 3.05) is 41.3 Å². The zero-order valence-electron chi connectivity index (χ0n) is 18.0. The lowest BCUT2D eigenvalue weighted by Crippen LogP contribution is -2.36. The molecule has 2 saturated heterocycles. The number of piperidine rings is 1. The zero-order chi connectivity index (χ0) is 20.9. The van der Waals surface area contributed by atoms with Crippen LogP contribution in [0.3, 0.4) is 0 Å². The van der Waals surface area contributed by atoms with Gasteiger partial charge in [-0.1, -0.05) is 37.3 Å². The van der Waals surface area contributed by atoms with Crippen LogP contribution in [0.15, 0.2) is 36.4 Å². The summed E-state index contributed by atoms with van der Waals surface area (Å²) in [6.07, 6.45) is 4.94. The van der Waals surface area contributed by atoms with Gasteiger partial charge < -0.3 is 20.4 Å². The van der Waals surface area contributed by atoms with Crippen molar-refractivity contribution in [1.82, 2.24) is 15.3 Å². The van der Waals surface area contributed by atoms with Crippen LogP contribution in [0.2, 0.25) is 0 Å². The number of nitrogens with one attached hydrogen (secondary N) is 2. The minimum absolute atomic E-state index is 0.107. The fraction of sp³-hybridized carbons (Fsp3) is 0.522. The van der Waals surface area contributed by atoms with Crippen LogP contribution in [0.4, 0.5) is 17.6 Å². The monoisotopic (exact) mass is 424 g/mol. The van der Waals surface area contributed by atoms with Crippen molar-refractivity contribution >= 4 is 34.9 Å². The van der Waals surface area contributed by atoms with Gasteiger partial charge in [0.05, 0.1) is 6.04 Å². The van der Waals surface area contributed by atoms with E-state index in [1.807, 2.05) is 18.2 Å². The van der Waals surface area contributed by atoms with E-state index in [4.69, 9.17) is 22.2 Å². The van der Waals surface area contributed by atoms with E-state index in [-0.39, 0.29) is 6.04 Å². The molecule has 160 valence electrons. The van der Waals surface area contributed by atoms with Gasteiger partial charge in [-0.05, 0) is 56.3 Å². The Morgan fingerprint density at radius 2 is 1.70 bits per heavy atom. The first-order valence-electron chi connectivity index (χ1n) is 11.1. The summed E-state index contributed by atoms with van der Waals surface area (Å²) in [6, 6.07) is 12.6. The topological polar surface area (TPSA) is 56.3 Å². The normalized spacial score (nSPS) is 20.1. The molecule has 0 amide bonds. The van der Waals surface area contributed by atoms with E-state index in [2.05, 4.69) is 52.5 Å². The molecule has 0 bridgehead atoms. The average molecular weight is 425 g/mol. The second kappa shape index (κ2) is 9.60.